The number of thioether (sulfide) groups is 1. The van der Waals surface area contributed by atoms with E-state index in [-0.39, 0.29) is 0 Å². The van der Waals surface area contributed by atoms with Crippen molar-refractivity contribution < 1.29 is 0 Å². The molecule has 3 nitrogen and oxygen atoms in total. The summed E-state index contributed by atoms with van der Waals surface area (Å²) in [5.74, 6) is 1.04. The lowest BCUT2D eigenvalue weighted by atomic mass is 10.2. The Bertz CT molecular complexity index is 453. The lowest BCUT2D eigenvalue weighted by molar-refractivity contribution is 0.305. The van der Waals surface area contributed by atoms with Crippen LogP contribution in [-0.2, 0) is 0 Å². The Balaban J connectivity index is 1.90. The molecule has 0 aromatic carbocycles. The molecule has 0 bridgehead atoms. The van der Waals surface area contributed by atoms with Crippen LogP contribution in [0.1, 0.15) is 30.5 Å². The minimum Gasteiger partial charge on any atom is -0.303 e. The van der Waals surface area contributed by atoms with Crippen molar-refractivity contribution in [2.45, 2.75) is 37.3 Å². The van der Waals surface area contributed by atoms with E-state index in [0.717, 1.165) is 16.5 Å². The minimum atomic E-state index is 0.699. The number of rotatable bonds is 4. The zero-order valence-corrected chi connectivity index (χ0v) is 11.8. The first-order chi connectivity index (χ1) is 8.70. The first-order valence-electron chi connectivity index (χ1n) is 6.41. The van der Waals surface area contributed by atoms with Crippen LogP contribution in [0.5, 0.6) is 0 Å². The molecule has 1 aliphatic rings. The monoisotopic (exact) mass is 261 g/mol. The molecule has 0 aliphatic carbocycles. The molecular weight excluding hydrogens is 242 g/mol. The van der Waals surface area contributed by atoms with Crippen LogP contribution in [0.3, 0.4) is 0 Å². The molecule has 1 atom stereocenters. The van der Waals surface area contributed by atoms with Crippen molar-refractivity contribution in [1.82, 2.24) is 9.88 Å². The highest BCUT2D eigenvalue weighted by Crippen LogP contribution is 2.25. The molecule has 2 rings (SSSR count). The van der Waals surface area contributed by atoms with Gasteiger partial charge in [-0.15, -0.1) is 11.8 Å². The van der Waals surface area contributed by atoms with E-state index in [0.29, 0.717) is 11.6 Å². The van der Waals surface area contributed by atoms with Crippen LogP contribution in [0.4, 0.5) is 0 Å². The van der Waals surface area contributed by atoms with Gasteiger partial charge in [0.2, 0.25) is 0 Å². The number of aromatic nitrogens is 1. The van der Waals surface area contributed by atoms with Gasteiger partial charge in [0.1, 0.15) is 11.1 Å². The van der Waals surface area contributed by atoms with Crippen LogP contribution in [0, 0.1) is 18.3 Å². The predicted octanol–water partition coefficient (Wildman–Crippen LogP) is 2.84. The van der Waals surface area contributed by atoms with E-state index in [1.54, 1.807) is 11.8 Å². The molecule has 0 unspecified atom stereocenters. The Morgan fingerprint density at radius 3 is 3.06 bits per heavy atom. The van der Waals surface area contributed by atoms with E-state index in [1.165, 1.54) is 25.8 Å². The maximum Gasteiger partial charge on any atom is 0.114 e. The van der Waals surface area contributed by atoms with Crippen molar-refractivity contribution in [3.63, 3.8) is 0 Å². The number of hydrogen-bond acceptors (Lipinski definition) is 4. The number of hydrogen-bond donors (Lipinski definition) is 0. The van der Waals surface area contributed by atoms with Crippen LogP contribution in [0.25, 0.3) is 0 Å². The van der Waals surface area contributed by atoms with Gasteiger partial charge >= 0.3 is 0 Å². The predicted molar refractivity (Wildman–Crippen MR) is 74.7 cm³/mol. The van der Waals surface area contributed by atoms with Crippen LogP contribution in [0.2, 0.25) is 0 Å². The quantitative estimate of drug-likeness (QED) is 0.781. The molecule has 4 heteroatoms. The zero-order chi connectivity index (χ0) is 13.0. The van der Waals surface area contributed by atoms with E-state index < -0.39 is 0 Å². The third kappa shape index (κ3) is 3.24. The molecule has 0 saturated carbocycles. The average Bonchev–Trinajstić information content (AvgIpc) is 2.76. The summed E-state index contributed by atoms with van der Waals surface area (Å²) >= 11 is 1.71. The standard InChI is InChI=1S/C14H19N3S/c1-11-5-6-12(10-15)14(16-11)18-9-7-13-4-3-8-17(13)2/h5-6,13H,3-4,7-9H2,1-2H3/t13-/m1/s1. The number of likely N-dealkylation sites (tertiary alicyclic amines) is 1. The van der Waals surface area contributed by atoms with Gasteiger partial charge in [0, 0.05) is 17.5 Å². The van der Waals surface area contributed by atoms with Gasteiger partial charge in [0.25, 0.3) is 0 Å². The van der Waals surface area contributed by atoms with Crippen molar-refractivity contribution in [2.24, 2.45) is 0 Å². The second kappa shape index (κ2) is 6.21. The summed E-state index contributed by atoms with van der Waals surface area (Å²) in [6.07, 6.45) is 3.81. The fourth-order valence-electron chi connectivity index (χ4n) is 2.36. The molecule has 1 aromatic rings. The Morgan fingerprint density at radius 2 is 2.39 bits per heavy atom. The Kier molecular flexibility index (Phi) is 4.62. The molecule has 1 aromatic heterocycles. The topological polar surface area (TPSA) is 39.9 Å². The van der Waals surface area contributed by atoms with E-state index in [2.05, 4.69) is 23.0 Å². The third-order valence-electron chi connectivity index (χ3n) is 3.48. The smallest absolute Gasteiger partial charge is 0.114 e. The zero-order valence-electron chi connectivity index (χ0n) is 11.0. The number of pyridine rings is 1. The van der Waals surface area contributed by atoms with Gasteiger partial charge < -0.3 is 4.90 Å². The van der Waals surface area contributed by atoms with E-state index in [1.807, 2.05) is 19.1 Å². The third-order valence-corrected chi connectivity index (χ3v) is 4.51. The van der Waals surface area contributed by atoms with Gasteiger partial charge in [-0.25, -0.2) is 4.98 Å². The highest BCUT2D eigenvalue weighted by atomic mass is 32.2. The SMILES string of the molecule is Cc1ccc(C#N)c(SCC[C@H]2CCCN2C)n1. The van der Waals surface area contributed by atoms with Crippen LogP contribution in [-0.4, -0.2) is 35.3 Å². The first-order valence-corrected chi connectivity index (χ1v) is 7.40. The van der Waals surface area contributed by atoms with Gasteiger partial charge in [-0.05, 0) is 51.9 Å². The second-order valence-electron chi connectivity index (χ2n) is 4.83. The number of aryl methyl sites for hydroxylation is 1. The summed E-state index contributed by atoms with van der Waals surface area (Å²) in [6.45, 7) is 3.19. The molecule has 1 fully saturated rings. The van der Waals surface area contributed by atoms with Crippen LogP contribution < -0.4 is 0 Å². The lowest BCUT2D eigenvalue weighted by Crippen LogP contribution is -2.25. The molecule has 0 N–H and O–H groups in total. The summed E-state index contributed by atoms with van der Waals surface area (Å²) in [6, 6.07) is 6.70. The van der Waals surface area contributed by atoms with Gasteiger partial charge in [-0.2, -0.15) is 5.26 Å². The van der Waals surface area contributed by atoms with Crippen LogP contribution in [0.15, 0.2) is 17.2 Å². The summed E-state index contributed by atoms with van der Waals surface area (Å²) < 4.78 is 0. The molecule has 2 heterocycles. The van der Waals surface area contributed by atoms with Crippen molar-refractivity contribution >= 4 is 11.8 Å². The maximum absolute atomic E-state index is 9.05. The molecule has 0 amide bonds. The molecular formula is C14H19N3S. The molecule has 18 heavy (non-hydrogen) atoms. The highest BCUT2D eigenvalue weighted by molar-refractivity contribution is 7.99. The largest absolute Gasteiger partial charge is 0.303 e. The Morgan fingerprint density at radius 1 is 1.56 bits per heavy atom. The molecule has 1 saturated heterocycles. The van der Waals surface area contributed by atoms with Gasteiger partial charge in [0.05, 0.1) is 5.56 Å². The normalized spacial score (nSPS) is 19.9. The molecule has 96 valence electrons. The lowest BCUT2D eigenvalue weighted by Gasteiger charge is -2.18. The Labute approximate surface area is 113 Å². The van der Waals surface area contributed by atoms with Gasteiger partial charge in [-0.1, -0.05) is 0 Å². The van der Waals surface area contributed by atoms with Gasteiger partial charge in [-0.3, -0.25) is 0 Å². The summed E-state index contributed by atoms with van der Waals surface area (Å²) in [4.78, 5) is 6.89. The fraction of sp³-hybridized carbons (Fsp3) is 0.571. The summed E-state index contributed by atoms with van der Waals surface area (Å²) in [7, 11) is 2.20. The van der Waals surface area contributed by atoms with Gasteiger partial charge in [0.15, 0.2) is 0 Å². The van der Waals surface area contributed by atoms with E-state index >= 15 is 0 Å². The average molecular weight is 261 g/mol. The highest BCUT2D eigenvalue weighted by Gasteiger charge is 2.20. The van der Waals surface area contributed by atoms with Crippen molar-refractivity contribution in [3.05, 3.63) is 23.4 Å². The van der Waals surface area contributed by atoms with Crippen LogP contribution >= 0.6 is 11.8 Å². The number of nitriles is 1. The number of nitrogens with zero attached hydrogens (tertiary/aromatic N) is 3. The van der Waals surface area contributed by atoms with E-state index in [9.17, 15) is 0 Å². The van der Waals surface area contributed by atoms with Crippen molar-refractivity contribution in [2.75, 3.05) is 19.3 Å². The molecule has 0 spiro atoms. The molecule has 1 aliphatic heterocycles. The first kappa shape index (κ1) is 13.4. The summed E-state index contributed by atoms with van der Waals surface area (Å²) in [5.41, 5.74) is 1.68. The van der Waals surface area contributed by atoms with Crippen molar-refractivity contribution in [3.8, 4) is 6.07 Å². The minimum absolute atomic E-state index is 0.699. The summed E-state index contributed by atoms with van der Waals surface area (Å²) in [5, 5.41) is 9.94. The molecule has 0 radical (unpaired) electrons. The fourth-order valence-corrected chi connectivity index (χ4v) is 3.42. The Hall–Kier alpha value is -1.05. The second-order valence-corrected chi connectivity index (χ2v) is 5.91. The van der Waals surface area contributed by atoms with E-state index in [4.69, 9.17) is 5.26 Å². The van der Waals surface area contributed by atoms with Crippen molar-refractivity contribution in [1.29, 1.82) is 5.26 Å². The maximum atomic E-state index is 9.05.